The van der Waals surface area contributed by atoms with Crippen molar-refractivity contribution in [2.75, 3.05) is 26.2 Å². The number of benzene rings is 2. The number of thioether (sulfide) groups is 1. The molecule has 144 valence electrons. The number of carbonyl (C=O) groups is 2. The van der Waals surface area contributed by atoms with Gasteiger partial charge in [0.25, 0.3) is 5.91 Å². The van der Waals surface area contributed by atoms with Crippen LogP contribution in [0.4, 0.5) is 0 Å². The van der Waals surface area contributed by atoms with Crippen LogP contribution in [0.2, 0.25) is 0 Å². The van der Waals surface area contributed by atoms with E-state index in [0.29, 0.717) is 31.7 Å². The van der Waals surface area contributed by atoms with Gasteiger partial charge in [0.2, 0.25) is 5.91 Å². The number of nitrogens with one attached hydrogen (secondary N) is 1. The summed E-state index contributed by atoms with van der Waals surface area (Å²) in [5.74, 6) is 0.879. The fourth-order valence-corrected chi connectivity index (χ4v) is 4.14. The first-order valence-corrected chi connectivity index (χ1v) is 10.3. The third kappa shape index (κ3) is 4.04. The van der Waals surface area contributed by atoms with Gasteiger partial charge in [-0.1, -0.05) is 36.0 Å². The van der Waals surface area contributed by atoms with Crippen LogP contribution in [0.15, 0.2) is 53.7 Å². The van der Waals surface area contributed by atoms with Crippen LogP contribution in [0.3, 0.4) is 0 Å². The fourth-order valence-electron chi connectivity index (χ4n) is 3.30. The number of aromatic amines is 1. The van der Waals surface area contributed by atoms with Gasteiger partial charge in [-0.15, -0.1) is 0 Å². The van der Waals surface area contributed by atoms with Crippen LogP contribution in [0.5, 0.6) is 0 Å². The molecule has 0 aliphatic carbocycles. The highest BCUT2D eigenvalue weighted by Gasteiger charge is 2.23. The molecule has 4 rings (SSSR count). The minimum atomic E-state index is 0.0275. The van der Waals surface area contributed by atoms with E-state index in [1.54, 1.807) is 23.6 Å². The summed E-state index contributed by atoms with van der Waals surface area (Å²) >= 11 is 1.65. The van der Waals surface area contributed by atoms with Gasteiger partial charge in [0.1, 0.15) is 0 Å². The van der Waals surface area contributed by atoms with E-state index in [4.69, 9.17) is 0 Å². The Morgan fingerprint density at radius 2 is 1.68 bits per heavy atom. The molecule has 2 amide bonds. The van der Waals surface area contributed by atoms with E-state index < -0.39 is 0 Å². The van der Waals surface area contributed by atoms with Gasteiger partial charge in [0, 0.05) is 44.4 Å². The Balaban J connectivity index is 1.34. The Kier molecular flexibility index (Phi) is 5.34. The number of aromatic nitrogens is 2. The molecule has 0 unspecified atom stereocenters. The van der Waals surface area contributed by atoms with E-state index in [0.717, 1.165) is 27.5 Å². The average Bonchev–Trinajstić information content (AvgIpc) is 3.15. The minimum Gasteiger partial charge on any atom is -0.339 e. The van der Waals surface area contributed by atoms with Gasteiger partial charge >= 0.3 is 0 Å². The Labute approximate surface area is 167 Å². The molecule has 0 bridgehead atoms. The molecule has 1 fully saturated rings. The number of imidazole rings is 1. The molecule has 2 heterocycles. The van der Waals surface area contributed by atoms with E-state index >= 15 is 0 Å². The van der Waals surface area contributed by atoms with Gasteiger partial charge < -0.3 is 14.8 Å². The fraction of sp³-hybridized carbons (Fsp3) is 0.286. The number of hydrogen-bond acceptors (Lipinski definition) is 4. The summed E-state index contributed by atoms with van der Waals surface area (Å²) in [5, 5.41) is 0.893. The molecule has 6 nitrogen and oxygen atoms in total. The molecule has 0 saturated carbocycles. The maximum atomic E-state index is 12.7. The monoisotopic (exact) mass is 394 g/mol. The van der Waals surface area contributed by atoms with Gasteiger partial charge in [-0.2, -0.15) is 0 Å². The standard InChI is InChI=1S/C21H22N4O2S/c1-15(26)24-10-12-25(13-11-24)20(27)17-8-6-16(7-9-17)14-28-21-22-18-4-2-3-5-19(18)23-21/h2-9H,10-14H2,1H3,(H,22,23). The molecule has 1 aromatic heterocycles. The predicted molar refractivity (Wildman–Crippen MR) is 110 cm³/mol. The molecule has 1 aliphatic rings. The van der Waals surface area contributed by atoms with Gasteiger partial charge in [0.05, 0.1) is 11.0 Å². The number of amides is 2. The molecule has 1 saturated heterocycles. The average molecular weight is 395 g/mol. The maximum absolute atomic E-state index is 12.7. The Hall–Kier alpha value is -2.80. The summed E-state index contributed by atoms with van der Waals surface area (Å²) in [7, 11) is 0. The van der Waals surface area contributed by atoms with Crippen LogP contribution in [-0.2, 0) is 10.5 Å². The van der Waals surface area contributed by atoms with E-state index in [-0.39, 0.29) is 11.8 Å². The summed E-state index contributed by atoms with van der Waals surface area (Å²) < 4.78 is 0. The van der Waals surface area contributed by atoms with Crippen LogP contribution in [0.25, 0.3) is 11.0 Å². The van der Waals surface area contributed by atoms with Crippen molar-refractivity contribution in [3.63, 3.8) is 0 Å². The first kappa shape index (κ1) is 18.6. The molecule has 0 radical (unpaired) electrons. The van der Waals surface area contributed by atoms with Crippen molar-refractivity contribution in [2.24, 2.45) is 0 Å². The highest BCUT2D eigenvalue weighted by molar-refractivity contribution is 7.98. The summed E-state index contributed by atoms with van der Waals surface area (Å²) in [6.45, 7) is 3.95. The van der Waals surface area contributed by atoms with E-state index in [1.807, 2.05) is 53.4 Å². The zero-order valence-corrected chi connectivity index (χ0v) is 16.5. The number of para-hydroxylation sites is 2. The Bertz CT molecular complexity index is 958. The van der Waals surface area contributed by atoms with E-state index in [1.165, 1.54) is 0 Å². The molecule has 1 aliphatic heterocycles. The molecule has 0 atom stereocenters. The Morgan fingerprint density at radius 1 is 1.00 bits per heavy atom. The molecule has 7 heteroatoms. The Morgan fingerprint density at radius 3 is 2.36 bits per heavy atom. The highest BCUT2D eigenvalue weighted by atomic mass is 32.2. The first-order valence-electron chi connectivity index (χ1n) is 9.31. The summed E-state index contributed by atoms with van der Waals surface area (Å²) in [4.78, 5) is 35.6. The first-order chi connectivity index (χ1) is 13.6. The number of rotatable bonds is 4. The normalized spacial score (nSPS) is 14.5. The van der Waals surface area contributed by atoms with Crippen LogP contribution in [-0.4, -0.2) is 57.8 Å². The van der Waals surface area contributed by atoms with Crippen LogP contribution in [0, 0.1) is 0 Å². The largest absolute Gasteiger partial charge is 0.339 e. The molecule has 0 spiro atoms. The zero-order valence-electron chi connectivity index (χ0n) is 15.7. The lowest BCUT2D eigenvalue weighted by atomic mass is 10.1. The van der Waals surface area contributed by atoms with Crippen molar-refractivity contribution < 1.29 is 9.59 Å². The number of fused-ring (bicyclic) bond motifs is 1. The summed E-state index contributed by atoms with van der Waals surface area (Å²) in [6, 6.07) is 15.7. The molecule has 2 aromatic carbocycles. The van der Waals surface area contributed by atoms with E-state index in [2.05, 4.69) is 9.97 Å². The lowest BCUT2D eigenvalue weighted by Gasteiger charge is -2.34. The second-order valence-corrected chi connectivity index (χ2v) is 7.81. The van der Waals surface area contributed by atoms with Crippen LogP contribution in [0.1, 0.15) is 22.8 Å². The smallest absolute Gasteiger partial charge is 0.253 e. The summed E-state index contributed by atoms with van der Waals surface area (Å²) in [6.07, 6.45) is 0. The maximum Gasteiger partial charge on any atom is 0.253 e. The van der Waals surface area contributed by atoms with Crippen molar-refractivity contribution in [1.29, 1.82) is 0 Å². The van der Waals surface area contributed by atoms with Crippen molar-refractivity contribution in [2.45, 2.75) is 17.8 Å². The number of carbonyl (C=O) groups excluding carboxylic acids is 2. The van der Waals surface area contributed by atoms with Gasteiger partial charge in [-0.3, -0.25) is 9.59 Å². The van der Waals surface area contributed by atoms with Gasteiger partial charge in [-0.25, -0.2) is 4.98 Å². The predicted octanol–water partition coefficient (Wildman–Crippen LogP) is 3.16. The quantitative estimate of drug-likeness (QED) is 0.690. The molecule has 1 N–H and O–H groups in total. The molecule has 3 aromatic rings. The third-order valence-corrected chi connectivity index (χ3v) is 5.90. The lowest BCUT2D eigenvalue weighted by Crippen LogP contribution is -2.50. The number of H-pyrrole nitrogens is 1. The van der Waals surface area contributed by atoms with Gasteiger partial charge in [0.15, 0.2) is 5.16 Å². The second kappa shape index (κ2) is 8.06. The number of nitrogens with zero attached hydrogens (tertiary/aromatic N) is 3. The van der Waals surface area contributed by atoms with Crippen molar-refractivity contribution in [1.82, 2.24) is 19.8 Å². The molecular weight excluding hydrogens is 372 g/mol. The third-order valence-electron chi connectivity index (χ3n) is 4.96. The number of piperazine rings is 1. The topological polar surface area (TPSA) is 69.3 Å². The molecular formula is C21H22N4O2S. The minimum absolute atomic E-state index is 0.0275. The second-order valence-electron chi connectivity index (χ2n) is 6.84. The van der Waals surface area contributed by atoms with Crippen molar-refractivity contribution >= 4 is 34.6 Å². The SMILES string of the molecule is CC(=O)N1CCN(C(=O)c2ccc(CSc3nc4ccccc4[nH]3)cc2)CC1. The van der Waals surface area contributed by atoms with Crippen LogP contribution < -0.4 is 0 Å². The van der Waals surface area contributed by atoms with Gasteiger partial charge in [-0.05, 0) is 29.8 Å². The summed E-state index contributed by atoms with van der Waals surface area (Å²) in [5.41, 5.74) is 3.84. The lowest BCUT2D eigenvalue weighted by molar-refractivity contribution is -0.130. The van der Waals surface area contributed by atoms with Crippen molar-refractivity contribution in [3.8, 4) is 0 Å². The number of hydrogen-bond donors (Lipinski definition) is 1. The zero-order chi connectivity index (χ0) is 19.5. The highest BCUT2D eigenvalue weighted by Crippen LogP contribution is 2.23. The van der Waals surface area contributed by atoms with E-state index in [9.17, 15) is 9.59 Å². The van der Waals surface area contributed by atoms with Crippen molar-refractivity contribution in [3.05, 3.63) is 59.7 Å². The van der Waals surface area contributed by atoms with Crippen LogP contribution >= 0.6 is 11.8 Å². The molecule has 28 heavy (non-hydrogen) atoms.